The van der Waals surface area contributed by atoms with Crippen molar-refractivity contribution in [3.05, 3.63) is 53.1 Å². The molecular formula is C24H29N3O5. The first-order valence-electron chi connectivity index (χ1n) is 11.0. The van der Waals surface area contributed by atoms with E-state index in [1.54, 1.807) is 13.8 Å². The van der Waals surface area contributed by atoms with E-state index in [4.69, 9.17) is 9.47 Å². The number of ether oxygens (including phenoxy) is 2. The van der Waals surface area contributed by atoms with Gasteiger partial charge in [0.2, 0.25) is 0 Å². The summed E-state index contributed by atoms with van der Waals surface area (Å²) in [5, 5.41) is 2.56. The second-order valence-electron chi connectivity index (χ2n) is 7.85. The van der Waals surface area contributed by atoms with E-state index in [0.29, 0.717) is 42.5 Å². The van der Waals surface area contributed by atoms with Crippen molar-refractivity contribution < 1.29 is 23.9 Å². The van der Waals surface area contributed by atoms with Gasteiger partial charge < -0.3 is 14.8 Å². The topological polar surface area (TPSA) is 107 Å². The van der Waals surface area contributed by atoms with Gasteiger partial charge in [-0.2, -0.15) is 0 Å². The molecule has 1 aliphatic rings. The molecule has 0 aliphatic heterocycles. The van der Waals surface area contributed by atoms with Crippen molar-refractivity contribution in [3.8, 4) is 5.75 Å². The van der Waals surface area contributed by atoms with E-state index in [1.165, 1.54) is 0 Å². The van der Waals surface area contributed by atoms with Crippen molar-refractivity contribution in [1.29, 1.82) is 0 Å². The molecule has 32 heavy (non-hydrogen) atoms. The summed E-state index contributed by atoms with van der Waals surface area (Å²) in [7, 11) is 0. The van der Waals surface area contributed by atoms with Crippen LogP contribution in [0.1, 0.15) is 60.2 Å². The van der Waals surface area contributed by atoms with Crippen LogP contribution in [0.3, 0.4) is 0 Å². The molecule has 0 radical (unpaired) electrons. The number of carbonyl (C=O) groups excluding carboxylic acids is 3. The van der Waals surface area contributed by atoms with Gasteiger partial charge in [-0.3, -0.25) is 14.4 Å². The first-order valence-corrected chi connectivity index (χ1v) is 11.0. The summed E-state index contributed by atoms with van der Waals surface area (Å²) < 4.78 is 10.8. The van der Waals surface area contributed by atoms with Crippen LogP contribution in [0.15, 0.2) is 30.3 Å². The van der Waals surface area contributed by atoms with E-state index in [0.717, 1.165) is 18.4 Å². The number of rotatable bonds is 9. The van der Waals surface area contributed by atoms with Gasteiger partial charge in [-0.25, -0.2) is 9.97 Å². The van der Waals surface area contributed by atoms with Crippen LogP contribution in [0.2, 0.25) is 0 Å². The Morgan fingerprint density at radius 3 is 2.53 bits per heavy atom. The average molecular weight is 440 g/mol. The number of amides is 1. The Bertz CT molecular complexity index is 952. The van der Waals surface area contributed by atoms with Crippen molar-refractivity contribution in [2.75, 3.05) is 13.2 Å². The van der Waals surface area contributed by atoms with E-state index < -0.39 is 11.9 Å². The quantitative estimate of drug-likeness (QED) is 0.599. The molecule has 1 amide bonds. The molecule has 1 aromatic heterocycles. The third-order valence-electron chi connectivity index (χ3n) is 5.36. The zero-order valence-corrected chi connectivity index (χ0v) is 18.6. The fourth-order valence-electron chi connectivity index (χ4n) is 3.68. The Morgan fingerprint density at radius 1 is 1.12 bits per heavy atom. The molecule has 0 saturated heterocycles. The SMILES string of the molecule is CCOC(=O)CNC(=O)c1nc(CC2CCC(=O)CC2)nc(C)c1OCc1ccccc1. The molecule has 0 atom stereocenters. The van der Waals surface area contributed by atoms with Gasteiger partial charge in [0, 0.05) is 19.3 Å². The van der Waals surface area contributed by atoms with Crippen LogP contribution < -0.4 is 10.1 Å². The Hall–Kier alpha value is -3.29. The van der Waals surface area contributed by atoms with E-state index in [2.05, 4.69) is 15.3 Å². The summed E-state index contributed by atoms with van der Waals surface area (Å²) >= 11 is 0. The molecule has 3 rings (SSSR count). The summed E-state index contributed by atoms with van der Waals surface area (Å²) in [6, 6.07) is 9.59. The lowest BCUT2D eigenvalue weighted by Crippen LogP contribution is -2.32. The standard InChI is InChI=1S/C24H29N3O5/c1-3-31-21(29)14-25-24(30)22-23(32-15-18-7-5-4-6-8-18)16(2)26-20(27-22)13-17-9-11-19(28)12-10-17/h4-8,17H,3,9-15H2,1-2H3,(H,25,30). The maximum atomic E-state index is 12.9. The molecule has 0 bridgehead atoms. The maximum absolute atomic E-state index is 12.9. The third-order valence-corrected chi connectivity index (χ3v) is 5.36. The molecule has 0 spiro atoms. The van der Waals surface area contributed by atoms with E-state index >= 15 is 0 Å². The fraction of sp³-hybridized carbons (Fsp3) is 0.458. The predicted octanol–water partition coefficient (Wildman–Crippen LogP) is 2.96. The van der Waals surface area contributed by atoms with Crippen LogP contribution in [0.5, 0.6) is 5.75 Å². The molecule has 1 heterocycles. The van der Waals surface area contributed by atoms with Crippen molar-refractivity contribution in [2.24, 2.45) is 5.92 Å². The molecule has 170 valence electrons. The number of nitrogens with zero attached hydrogens (tertiary/aromatic N) is 2. The molecule has 1 N–H and O–H groups in total. The number of esters is 1. The Labute approximate surface area is 187 Å². The highest BCUT2D eigenvalue weighted by Crippen LogP contribution is 2.27. The van der Waals surface area contributed by atoms with Crippen LogP contribution in [0, 0.1) is 12.8 Å². The van der Waals surface area contributed by atoms with Gasteiger partial charge in [-0.1, -0.05) is 30.3 Å². The molecule has 2 aromatic rings. The summed E-state index contributed by atoms with van der Waals surface area (Å²) in [6.07, 6.45) is 3.35. The molecule has 1 aliphatic carbocycles. The molecule has 1 fully saturated rings. The molecule has 1 saturated carbocycles. The van der Waals surface area contributed by atoms with Gasteiger partial charge in [0.15, 0.2) is 11.4 Å². The normalized spacial score (nSPS) is 14.1. The van der Waals surface area contributed by atoms with Gasteiger partial charge >= 0.3 is 5.97 Å². The first-order chi connectivity index (χ1) is 15.5. The number of nitrogens with one attached hydrogen (secondary N) is 1. The lowest BCUT2D eigenvalue weighted by molar-refractivity contribution is -0.141. The van der Waals surface area contributed by atoms with Gasteiger partial charge in [0.05, 0.1) is 12.3 Å². The highest BCUT2D eigenvalue weighted by molar-refractivity contribution is 5.96. The summed E-state index contributed by atoms with van der Waals surface area (Å²) in [4.78, 5) is 45.2. The second kappa shape index (κ2) is 11.4. The highest BCUT2D eigenvalue weighted by Gasteiger charge is 2.24. The minimum Gasteiger partial charge on any atom is -0.485 e. The Balaban J connectivity index is 1.80. The number of carbonyl (C=O) groups is 3. The van der Waals surface area contributed by atoms with Crippen LogP contribution in [0.4, 0.5) is 0 Å². The van der Waals surface area contributed by atoms with Crippen molar-refractivity contribution >= 4 is 17.7 Å². The minimum atomic E-state index is -0.523. The fourth-order valence-corrected chi connectivity index (χ4v) is 3.68. The van der Waals surface area contributed by atoms with Crippen LogP contribution in [-0.2, 0) is 27.4 Å². The van der Waals surface area contributed by atoms with Gasteiger partial charge in [-0.15, -0.1) is 0 Å². The van der Waals surface area contributed by atoms with Crippen LogP contribution in [0.25, 0.3) is 0 Å². The highest BCUT2D eigenvalue weighted by atomic mass is 16.5. The minimum absolute atomic E-state index is 0.0969. The third kappa shape index (κ3) is 6.60. The zero-order chi connectivity index (χ0) is 22.9. The zero-order valence-electron chi connectivity index (χ0n) is 18.6. The molecular weight excluding hydrogens is 410 g/mol. The molecule has 1 aromatic carbocycles. The number of aromatic nitrogens is 2. The number of hydrogen-bond acceptors (Lipinski definition) is 7. The lowest BCUT2D eigenvalue weighted by atomic mass is 9.86. The first kappa shape index (κ1) is 23.4. The van der Waals surface area contributed by atoms with E-state index in [-0.39, 0.29) is 31.2 Å². The molecule has 8 nitrogen and oxygen atoms in total. The van der Waals surface area contributed by atoms with Crippen LogP contribution >= 0.6 is 0 Å². The Morgan fingerprint density at radius 2 is 1.84 bits per heavy atom. The second-order valence-corrected chi connectivity index (χ2v) is 7.85. The number of hydrogen-bond donors (Lipinski definition) is 1. The van der Waals surface area contributed by atoms with Gasteiger partial charge in [0.25, 0.3) is 5.91 Å². The number of aryl methyl sites for hydroxylation is 1. The maximum Gasteiger partial charge on any atom is 0.325 e. The summed E-state index contributed by atoms with van der Waals surface area (Å²) in [5.74, 6) is 0.380. The monoisotopic (exact) mass is 439 g/mol. The molecule has 8 heteroatoms. The largest absolute Gasteiger partial charge is 0.485 e. The number of ketones is 1. The van der Waals surface area contributed by atoms with E-state index in [9.17, 15) is 14.4 Å². The van der Waals surface area contributed by atoms with E-state index in [1.807, 2.05) is 30.3 Å². The Kier molecular flexibility index (Phi) is 8.30. The number of Topliss-reactive ketones (excluding diaryl/α,β-unsaturated/α-hetero) is 1. The van der Waals surface area contributed by atoms with Gasteiger partial charge in [0.1, 0.15) is 24.8 Å². The van der Waals surface area contributed by atoms with Crippen molar-refractivity contribution in [1.82, 2.24) is 15.3 Å². The van der Waals surface area contributed by atoms with Gasteiger partial charge in [-0.05, 0) is 38.2 Å². The number of benzene rings is 1. The predicted molar refractivity (Wildman–Crippen MR) is 117 cm³/mol. The van der Waals surface area contributed by atoms with Crippen molar-refractivity contribution in [2.45, 2.75) is 52.6 Å². The summed E-state index contributed by atoms with van der Waals surface area (Å²) in [6.45, 7) is 3.72. The average Bonchev–Trinajstić information content (AvgIpc) is 2.79. The molecule has 0 unspecified atom stereocenters. The summed E-state index contributed by atoms with van der Waals surface area (Å²) in [5.41, 5.74) is 1.60. The van der Waals surface area contributed by atoms with Crippen LogP contribution in [-0.4, -0.2) is 40.8 Å². The van der Waals surface area contributed by atoms with Crippen molar-refractivity contribution in [3.63, 3.8) is 0 Å². The lowest BCUT2D eigenvalue weighted by Gasteiger charge is -2.21. The smallest absolute Gasteiger partial charge is 0.325 e.